The van der Waals surface area contributed by atoms with Crippen molar-refractivity contribution in [2.45, 2.75) is 25.0 Å². The van der Waals surface area contributed by atoms with Crippen LogP contribution in [0.3, 0.4) is 0 Å². The van der Waals surface area contributed by atoms with Crippen LogP contribution in [0.4, 0.5) is 0 Å². The molecular weight excluding hydrogens is 293 g/mol. The van der Waals surface area contributed by atoms with E-state index in [1.54, 1.807) is 6.07 Å². The average molecular weight is 308 g/mol. The molecule has 0 spiro atoms. The Bertz CT molecular complexity index is 608. The van der Waals surface area contributed by atoms with Gasteiger partial charge in [0, 0.05) is 0 Å². The van der Waals surface area contributed by atoms with Crippen LogP contribution in [-0.2, 0) is 0 Å². The number of nitrogens with two attached hydrogens (primary N) is 1. The molecule has 0 bridgehead atoms. The Morgan fingerprint density at radius 1 is 0.950 bits per heavy atom. The smallest absolute Gasteiger partial charge is 0.119 e. The molecule has 1 atom stereocenters. The number of benzene rings is 2. The summed E-state index contributed by atoms with van der Waals surface area (Å²) < 4.78 is 5.72. The summed E-state index contributed by atoms with van der Waals surface area (Å²) in [5, 5.41) is 1.06. The molecule has 0 aromatic heterocycles. The lowest BCUT2D eigenvalue weighted by molar-refractivity contribution is 0.303. The second-order valence-corrected chi connectivity index (χ2v) is 5.85. The highest BCUT2D eigenvalue weighted by atomic mass is 35.5. The highest BCUT2D eigenvalue weighted by Crippen LogP contribution is 2.30. The first-order valence-electron chi connectivity index (χ1n) is 6.60. The maximum absolute atomic E-state index is 6.26. The van der Waals surface area contributed by atoms with E-state index in [1.807, 2.05) is 36.4 Å². The summed E-state index contributed by atoms with van der Waals surface area (Å²) in [5.74, 6) is 0.901. The van der Waals surface area contributed by atoms with Crippen molar-refractivity contribution in [3.8, 4) is 5.75 Å². The van der Waals surface area contributed by atoms with Crippen molar-refractivity contribution in [1.82, 2.24) is 0 Å². The van der Waals surface area contributed by atoms with E-state index < -0.39 is 0 Å². The summed E-state index contributed by atoms with van der Waals surface area (Å²) in [5.41, 5.74) is 8.22. The van der Waals surface area contributed by atoms with Crippen LogP contribution in [0.1, 0.15) is 30.0 Å². The predicted molar refractivity (Wildman–Crippen MR) is 82.6 cm³/mol. The predicted octanol–water partition coefficient (Wildman–Crippen LogP) is 4.58. The molecule has 0 heterocycles. The summed E-state index contributed by atoms with van der Waals surface area (Å²) in [6, 6.07) is 13.2. The monoisotopic (exact) mass is 307 g/mol. The molecule has 2 aromatic rings. The van der Waals surface area contributed by atoms with Gasteiger partial charge in [0.2, 0.25) is 0 Å². The molecule has 0 radical (unpaired) electrons. The summed E-state index contributed by atoms with van der Waals surface area (Å²) in [4.78, 5) is 0. The molecule has 1 unspecified atom stereocenters. The largest absolute Gasteiger partial charge is 0.490 e. The van der Waals surface area contributed by atoms with E-state index in [0.717, 1.165) is 29.7 Å². The van der Waals surface area contributed by atoms with Crippen molar-refractivity contribution < 1.29 is 4.74 Å². The quantitative estimate of drug-likeness (QED) is 0.897. The molecule has 0 amide bonds. The molecule has 1 fully saturated rings. The first kappa shape index (κ1) is 13.7. The van der Waals surface area contributed by atoms with Gasteiger partial charge in [0.15, 0.2) is 0 Å². The van der Waals surface area contributed by atoms with E-state index in [1.165, 1.54) is 0 Å². The minimum Gasteiger partial charge on any atom is -0.490 e. The fraction of sp³-hybridized carbons (Fsp3) is 0.250. The molecule has 2 N–H and O–H groups in total. The van der Waals surface area contributed by atoms with Gasteiger partial charge in [0.05, 0.1) is 22.2 Å². The Kier molecular flexibility index (Phi) is 3.88. The number of halogens is 2. The van der Waals surface area contributed by atoms with Crippen LogP contribution >= 0.6 is 23.2 Å². The number of ether oxygens (including phenoxy) is 1. The Morgan fingerprint density at radius 2 is 1.60 bits per heavy atom. The first-order valence-corrected chi connectivity index (χ1v) is 7.36. The van der Waals surface area contributed by atoms with Crippen LogP contribution in [0.25, 0.3) is 0 Å². The third kappa shape index (κ3) is 3.09. The zero-order valence-electron chi connectivity index (χ0n) is 10.9. The van der Waals surface area contributed by atoms with Crippen molar-refractivity contribution in [2.24, 2.45) is 5.73 Å². The number of rotatable bonds is 4. The van der Waals surface area contributed by atoms with Crippen molar-refractivity contribution in [3.05, 3.63) is 63.6 Å². The van der Waals surface area contributed by atoms with Gasteiger partial charge in [0.25, 0.3) is 0 Å². The van der Waals surface area contributed by atoms with E-state index in [9.17, 15) is 0 Å². The van der Waals surface area contributed by atoms with Crippen LogP contribution in [0, 0.1) is 0 Å². The van der Waals surface area contributed by atoms with Gasteiger partial charge < -0.3 is 10.5 Å². The lowest BCUT2D eigenvalue weighted by Crippen LogP contribution is -2.11. The van der Waals surface area contributed by atoms with Gasteiger partial charge in [-0.3, -0.25) is 0 Å². The van der Waals surface area contributed by atoms with Crippen molar-refractivity contribution in [1.29, 1.82) is 0 Å². The van der Waals surface area contributed by atoms with Gasteiger partial charge in [-0.15, -0.1) is 0 Å². The molecule has 20 heavy (non-hydrogen) atoms. The summed E-state index contributed by atoms with van der Waals surface area (Å²) >= 11 is 11.9. The molecule has 1 saturated carbocycles. The molecule has 2 aromatic carbocycles. The zero-order chi connectivity index (χ0) is 14.1. The number of hydrogen-bond acceptors (Lipinski definition) is 2. The average Bonchev–Trinajstić information content (AvgIpc) is 3.26. The van der Waals surface area contributed by atoms with Crippen LogP contribution in [-0.4, -0.2) is 6.10 Å². The minimum absolute atomic E-state index is 0.222. The van der Waals surface area contributed by atoms with E-state index in [2.05, 4.69) is 0 Å². The van der Waals surface area contributed by atoms with Crippen molar-refractivity contribution in [2.75, 3.05) is 0 Å². The van der Waals surface area contributed by atoms with Crippen molar-refractivity contribution in [3.63, 3.8) is 0 Å². The zero-order valence-corrected chi connectivity index (χ0v) is 12.4. The van der Waals surface area contributed by atoms with Crippen LogP contribution in [0.2, 0.25) is 10.0 Å². The van der Waals surface area contributed by atoms with Gasteiger partial charge in [-0.05, 0) is 48.2 Å². The van der Waals surface area contributed by atoms with Crippen LogP contribution in [0.5, 0.6) is 5.75 Å². The Morgan fingerprint density at radius 3 is 2.20 bits per heavy atom. The molecule has 3 rings (SSSR count). The van der Waals surface area contributed by atoms with Gasteiger partial charge >= 0.3 is 0 Å². The highest BCUT2D eigenvalue weighted by Gasteiger charge is 2.23. The Labute approximate surface area is 128 Å². The summed E-state index contributed by atoms with van der Waals surface area (Å²) in [7, 11) is 0. The van der Waals surface area contributed by atoms with E-state index in [-0.39, 0.29) is 6.04 Å². The van der Waals surface area contributed by atoms with Gasteiger partial charge in [0.1, 0.15) is 5.75 Å². The van der Waals surface area contributed by atoms with E-state index in [4.69, 9.17) is 33.7 Å². The molecule has 0 saturated heterocycles. The lowest BCUT2D eigenvalue weighted by Gasteiger charge is -2.14. The first-order chi connectivity index (χ1) is 9.63. The molecule has 1 aliphatic rings. The van der Waals surface area contributed by atoms with Crippen LogP contribution in [0.15, 0.2) is 42.5 Å². The molecule has 4 heteroatoms. The topological polar surface area (TPSA) is 35.2 Å². The maximum Gasteiger partial charge on any atom is 0.119 e. The molecular formula is C16H15Cl2NO. The van der Waals surface area contributed by atoms with Gasteiger partial charge in [-0.25, -0.2) is 0 Å². The Hall–Kier alpha value is -1.22. The van der Waals surface area contributed by atoms with Crippen LogP contribution < -0.4 is 10.5 Å². The van der Waals surface area contributed by atoms with Gasteiger partial charge in [-0.1, -0.05) is 41.4 Å². The fourth-order valence-corrected chi connectivity index (χ4v) is 2.34. The second kappa shape index (κ2) is 5.65. The van der Waals surface area contributed by atoms with E-state index in [0.29, 0.717) is 16.1 Å². The SMILES string of the molecule is NC(c1ccc(OC2CC2)cc1)c1ccc(Cl)c(Cl)c1. The molecule has 104 valence electrons. The summed E-state index contributed by atoms with van der Waals surface area (Å²) in [6.07, 6.45) is 2.72. The molecule has 2 nitrogen and oxygen atoms in total. The second-order valence-electron chi connectivity index (χ2n) is 5.04. The molecule has 1 aliphatic carbocycles. The third-order valence-electron chi connectivity index (χ3n) is 3.37. The lowest BCUT2D eigenvalue weighted by atomic mass is 10.00. The van der Waals surface area contributed by atoms with Crippen molar-refractivity contribution >= 4 is 23.2 Å². The fourth-order valence-electron chi connectivity index (χ4n) is 2.03. The number of hydrogen-bond donors (Lipinski definition) is 1. The maximum atomic E-state index is 6.26. The standard InChI is InChI=1S/C16H15Cl2NO/c17-14-8-3-11(9-15(14)18)16(19)10-1-4-12(5-2-10)20-13-6-7-13/h1-5,8-9,13,16H,6-7,19H2. The minimum atomic E-state index is -0.222. The Balaban J connectivity index is 1.78. The van der Waals surface area contributed by atoms with Gasteiger partial charge in [-0.2, -0.15) is 0 Å². The third-order valence-corrected chi connectivity index (χ3v) is 4.11. The molecule has 0 aliphatic heterocycles. The van der Waals surface area contributed by atoms with E-state index >= 15 is 0 Å². The highest BCUT2D eigenvalue weighted by molar-refractivity contribution is 6.42. The normalized spacial score (nSPS) is 15.9. The summed E-state index contributed by atoms with van der Waals surface area (Å²) in [6.45, 7) is 0.